The van der Waals surface area contributed by atoms with Gasteiger partial charge in [0.25, 0.3) is 0 Å². The SMILES string of the molecule is CC(C)C1(CCc2cnc(N)nc2)CC(O)=CC(=O)O1. The fourth-order valence-electron chi connectivity index (χ4n) is 2.36. The molecule has 1 aliphatic heterocycles. The smallest absolute Gasteiger partial charge is 0.334 e. The van der Waals surface area contributed by atoms with Crippen LogP contribution >= 0.6 is 0 Å². The lowest BCUT2D eigenvalue weighted by atomic mass is 9.80. The predicted octanol–water partition coefficient (Wildman–Crippen LogP) is 1.77. The number of aromatic nitrogens is 2. The Morgan fingerprint density at radius 2 is 2.10 bits per heavy atom. The number of esters is 1. The van der Waals surface area contributed by atoms with Crippen LogP contribution in [0.2, 0.25) is 0 Å². The molecule has 1 atom stereocenters. The summed E-state index contributed by atoms with van der Waals surface area (Å²) in [7, 11) is 0. The molecule has 1 aliphatic rings. The van der Waals surface area contributed by atoms with Crippen LogP contribution in [0.4, 0.5) is 5.95 Å². The summed E-state index contributed by atoms with van der Waals surface area (Å²) in [5.41, 5.74) is 5.68. The quantitative estimate of drug-likeness (QED) is 0.814. The van der Waals surface area contributed by atoms with Gasteiger partial charge in [-0.1, -0.05) is 13.8 Å². The molecule has 0 aliphatic carbocycles. The van der Waals surface area contributed by atoms with Crippen LogP contribution in [0.5, 0.6) is 0 Å². The molecular formula is C14H19N3O3. The molecule has 0 aromatic carbocycles. The zero-order chi connectivity index (χ0) is 14.8. The van der Waals surface area contributed by atoms with Gasteiger partial charge in [0.05, 0.1) is 6.08 Å². The monoisotopic (exact) mass is 277 g/mol. The van der Waals surface area contributed by atoms with Crippen molar-refractivity contribution in [3.8, 4) is 0 Å². The van der Waals surface area contributed by atoms with Crippen LogP contribution in [0, 0.1) is 5.92 Å². The van der Waals surface area contributed by atoms with Crippen molar-refractivity contribution in [2.24, 2.45) is 5.92 Å². The van der Waals surface area contributed by atoms with Crippen LogP contribution in [0.1, 0.15) is 32.3 Å². The molecule has 0 amide bonds. The molecule has 0 spiro atoms. The average molecular weight is 277 g/mol. The topological polar surface area (TPSA) is 98.3 Å². The van der Waals surface area contributed by atoms with Crippen LogP contribution in [-0.2, 0) is 16.0 Å². The number of aryl methyl sites for hydroxylation is 1. The molecule has 20 heavy (non-hydrogen) atoms. The van der Waals surface area contributed by atoms with Crippen molar-refractivity contribution >= 4 is 11.9 Å². The van der Waals surface area contributed by atoms with Crippen molar-refractivity contribution in [2.45, 2.75) is 38.7 Å². The summed E-state index contributed by atoms with van der Waals surface area (Å²) < 4.78 is 5.51. The molecule has 6 nitrogen and oxygen atoms in total. The number of nitrogens with zero attached hydrogens (tertiary/aromatic N) is 2. The Bertz CT molecular complexity index is 525. The molecule has 3 N–H and O–H groups in total. The van der Waals surface area contributed by atoms with E-state index < -0.39 is 11.6 Å². The second-order valence-corrected chi connectivity index (χ2v) is 5.40. The van der Waals surface area contributed by atoms with Crippen molar-refractivity contribution in [3.05, 3.63) is 29.8 Å². The molecule has 0 radical (unpaired) electrons. The molecule has 0 bridgehead atoms. The van der Waals surface area contributed by atoms with Crippen LogP contribution in [0.3, 0.4) is 0 Å². The first-order valence-electron chi connectivity index (χ1n) is 6.60. The molecule has 1 aromatic heterocycles. The van der Waals surface area contributed by atoms with Gasteiger partial charge in [0.1, 0.15) is 11.4 Å². The zero-order valence-corrected chi connectivity index (χ0v) is 11.7. The Hall–Kier alpha value is -2.11. The number of aliphatic hydroxyl groups excluding tert-OH is 1. The molecule has 108 valence electrons. The summed E-state index contributed by atoms with van der Waals surface area (Å²) >= 11 is 0. The summed E-state index contributed by atoms with van der Waals surface area (Å²) in [6.07, 6.45) is 6.05. The van der Waals surface area contributed by atoms with Crippen molar-refractivity contribution in [3.63, 3.8) is 0 Å². The third-order valence-electron chi connectivity index (χ3n) is 3.68. The van der Waals surface area contributed by atoms with Crippen LogP contribution in [0.25, 0.3) is 0 Å². The van der Waals surface area contributed by atoms with E-state index in [2.05, 4.69) is 9.97 Å². The molecule has 0 saturated carbocycles. The largest absolute Gasteiger partial charge is 0.512 e. The number of hydrogen-bond acceptors (Lipinski definition) is 6. The Balaban J connectivity index is 2.12. The second kappa shape index (κ2) is 5.48. The molecule has 0 fully saturated rings. The molecule has 2 rings (SSSR count). The highest BCUT2D eigenvalue weighted by molar-refractivity contribution is 5.83. The highest BCUT2D eigenvalue weighted by Gasteiger charge is 2.41. The summed E-state index contributed by atoms with van der Waals surface area (Å²) in [5.74, 6) is -0.0893. The Morgan fingerprint density at radius 3 is 2.65 bits per heavy atom. The van der Waals surface area contributed by atoms with E-state index in [1.54, 1.807) is 12.4 Å². The van der Waals surface area contributed by atoms with E-state index in [-0.39, 0.29) is 17.6 Å². The fourth-order valence-corrected chi connectivity index (χ4v) is 2.36. The van der Waals surface area contributed by atoms with Gasteiger partial charge < -0.3 is 15.6 Å². The van der Waals surface area contributed by atoms with Gasteiger partial charge in [-0.3, -0.25) is 0 Å². The second-order valence-electron chi connectivity index (χ2n) is 5.40. The Labute approximate surface area is 117 Å². The van der Waals surface area contributed by atoms with Crippen LogP contribution in [0.15, 0.2) is 24.2 Å². The van der Waals surface area contributed by atoms with E-state index in [4.69, 9.17) is 10.5 Å². The van der Waals surface area contributed by atoms with Crippen LogP contribution in [-0.4, -0.2) is 26.6 Å². The number of cyclic esters (lactones) is 1. The normalized spacial score (nSPS) is 22.6. The van der Waals surface area contributed by atoms with Gasteiger partial charge in [-0.2, -0.15) is 0 Å². The van der Waals surface area contributed by atoms with Gasteiger partial charge >= 0.3 is 5.97 Å². The molecule has 0 saturated heterocycles. The maximum absolute atomic E-state index is 11.5. The number of rotatable bonds is 4. The first kappa shape index (κ1) is 14.3. The lowest BCUT2D eigenvalue weighted by molar-refractivity contribution is -0.163. The number of ether oxygens (including phenoxy) is 1. The third kappa shape index (κ3) is 3.07. The third-order valence-corrected chi connectivity index (χ3v) is 3.68. The summed E-state index contributed by atoms with van der Waals surface area (Å²) in [4.78, 5) is 19.4. The van der Waals surface area contributed by atoms with E-state index in [1.807, 2.05) is 13.8 Å². The minimum absolute atomic E-state index is 0.0727. The Morgan fingerprint density at radius 1 is 1.45 bits per heavy atom. The fraction of sp³-hybridized carbons (Fsp3) is 0.500. The van der Waals surface area contributed by atoms with Gasteiger partial charge in [0.15, 0.2) is 0 Å². The zero-order valence-electron chi connectivity index (χ0n) is 11.7. The molecule has 2 heterocycles. The number of anilines is 1. The first-order chi connectivity index (χ1) is 9.41. The maximum Gasteiger partial charge on any atom is 0.334 e. The van der Waals surface area contributed by atoms with Crippen molar-refractivity contribution < 1.29 is 14.6 Å². The summed E-state index contributed by atoms with van der Waals surface area (Å²) in [6.45, 7) is 3.96. The molecule has 1 aromatic rings. The van der Waals surface area contributed by atoms with Gasteiger partial charge in [0.2, 0.25) is 5.95 Å². The van der Waals surface area contributed by atoms with E-state index in [0.717, 1.165) is 11.6 Å². The first-order valence-corrected chi connectivity index (χ1v) is 6.60. The van der Waals surface area contributed by atoms with Crippen molar-refractivity contribution in [1.82, 2.24) is 9.97 Å². The number of nitrogens with two attached hydrogens (primary N) is 1. The molecule has 6 heteroatoms. The number of carbonyl (C=O) groups is 1. The number of hydrogen-bond donors (Lipinski definition) is 2. The lowest BCUT2D eigenvalue weighted by Gasteiger charge is -2.39. The van der Waals surface area contributed by atoms with E-state index >= 15 is 0 Å². The van der Waals surface area contributed by atoms with Crippen molar-refractivity contribution in [2.75, 3.05) is 5.73 Å². The average Bonchev–Trinajstić information content (AvgIpc) is 2.37. The lowest BCUT2D eigenvalue weighted by Crippen LogP contribution is -2.43. The van der Waals surface area contributed by atoms with E-state index in [1.165, 1.54) is 0 Å². The van der Waals surface area contributed by atoms with Gasteiger partial charge in [0, 0.05) is 18.8 Å². The number of nitrogen functional groups attached to an aromatic ring is 1. The number of aliphatic hydroxyl groups is 1. The highest BCUT2D eigenvalue weighted by atomic mass is 16.6. The summed E-state index contributed by atoms with van der Waals surface area (Å²) in [6, 6.07) is 0. The van der Waals surface area contributed by atoms with E-state index in [0.29, 0.717) is 19.3 Å². The standard InChI is InChI=1S/C14H19N3O3/c1-9(2)14(6-11(18)5-12(19)20-14)4-3-10-7-16-13(15)17-8-10/h5,7-9,18H,3-4,6H2,1-2H3,(H2,15,16,17). The Kier molecular flexibility index (Phi) is 3.92. The maximum atomic E-state index is 11.5. The number of carbonyl (C=O) groups excluding carboxylic acids is 1. The molecule has 1 unspecified atom stereocenters. The van der Waals surface area contributed by atoms with E-state index in [9.17, 15) is 9.90 Å². The minimum Gasteiger partial charge on any atom is -0.512 e. The van der Waals surface area contributed by atoms with Crippen LogP contribution < -0.4 is 5.73 Å². The van der Waals surface area contributed by atoms with Gasteiger partial charge in [-0.05, 0) is 24.3 Å². The van der Waals surface area contributed by atoms with Gasteiger partial charge in [-0.25, -0.2) is 14.8 Å². The molecular weight excluding hydrogens is 258 g/mol. The van der Waals surface area contributed by atoms with Gasteiger partial charge in [-0.15, -0.1) is 0 Å². The van der Waals surface area contributed by atoms with Crippen molar-refractivity contribution in [1.29, 1.82) is 0 Å². The predicted molar refractivity (Wildman–Crippen MR) is 73.8 cm³/mol. The minimum atomic E-state index is -0.683. The highest BCUT2D eigenvalue weighted by Crippen LogP contribution is 2.36. The summed E-state index contributed by atoms with van der Waals surface area (Å²) in [5, 5.41) is 9.72.